The zero-order chi connectivity index (χ0) is 14.7. The molecular formula is C12H17BrO6. The van der Waals surface area contributed by atoms with E-state index < -0.39 is 41.2 Å². The van der Waals surface area contributed by atoms with E-state index in [1.54, 1.807) is 6.92 Å². The quantitative estimate of drug-likeness (QED) is 0.569. The number of hydrogen-bond acceptors (Lipinski definition) is 6. The SMILES string of the molecule is CC(=O)O[C@@H]1[C@@H](OC(C)=O)[C@H](C)[C@@H](C(C)=O)O[C@@H]1Br. The topological polar surface area (TPSA) is 78.9 Å². The summed E-state index contributed by atoms with van der Waals surface area (Å²) in [5.74, 6) is -1.59. The van der Waals surface area contributed by atoms with Crippen molar-refractivity contribution < 1.29 is 28.6 Å². The van der Waals surface area contributed by atoms with Gasteiger partial charge < -0.3 is 14.2 Å². The first-order valence-electron chi connectivity index (χ1n) is 5.88. The van der Waals surface area contributed by atoms with E-state index in [1.807, 2.05) is 0 Å². The van der Waals surface area contributed by atoms with Crippen molar-refractivity contribution in [3.05, 3.63) is 0 Å². The Balaban J connectivity index is 2.98. The minimum absolute atomic E-state index is 0.171. The van der Waals surface area contributed by atoms with Crippen molar-refractivity contribution in [2.24, 2.45) is 5.92 Å². The molecule has 0 saturated carbocycles. The maximum absolute atomic E-state index is 11.5. The molecule has 6 nitrogen and oxygen atoms in total. The largest absolute Gasteiger partial charge is 0.458 e. The molecule has 0 bridgehead atoms. The summed E-state index contributed by atoms with van der Waals surface area (Å²) in [5, 5.41) is -0.703. The number of esters is 2. The molecule has 1 heterocycles. The van der Waals surface area contributed by atoms with Crippen molar-refractivity contribution in [2.45, 2.75) is 51.0 Å². The monoisotopic (exact) mass is 336 g/mol. The maximum atomic E-state index is 11.5. The number of ether oxygens (including phenoxy) is 3. The Hall–Kier alpha value is -0.950. The summed E-state index contributed by atoms with van der Waals surface area (Å²) in [4.78, 5) is 33.8. The fourth-order valence-electron chi connectivity index (χ4n) is 2.11. The van der Waals surface area contributed by atoms with Crippen molar-refractivity contribution >= 4 is 33.7 Å². The van der Waals surface area contributed by atoms with Gasteiger partial charge in [0.25, 0.3) is 0 Å². The molecular weight excluding hydrogens is 320 g/mol. The summed E-state index contributed by atoms with van der Waals surface area (Å²) in [6.07, 6.45) is -2.22. The van der Waals surface area contributed by atoms with E-state index in [2.05, 4.69) is 15.9 Å². The van der Waals surface area contributed by atoms with Crippen molar-refractivity contribution in [1.29, 1.82) is 0 Å². The van der Waals surface area contributed by atoms with Crippen molar-refractivity contribution in [2.75, 3.05) is 0 Å². The highest BCUT2D eigenvalue weighted by atomic mass is 79.9. The molecule has 1 aliphatic rings. The molecule has 1 aliphatic heterocycles. The number of rotatable bonds is 3. The van der Waals surface area contributed by atoms with Gasteiger partial charge in [0.1, 0.15) is 12.2 Å². The molecule has 0 aromatic carbocycles. The van der Waals surface area contributed by atoms with Crippen LogP contribution >= 0.6 is 15.9 Å². The second-order valence-corrected chi connectivity index (χ2v) is 5.43. The Bertz CT molecular complexity index is 382. The first-order chi connectivity index (χ1) is 8.73. The van der Waals surface area contributed by atoms with Gasteiger partial charge in [-0.25, -0.2) is 0 Å². The summed E-state index contributed by atoms with van der Waals surface area (Å²) in [7, 11) is 0. The number of Topliss-reactive ketones (excluding diaryl/α,β-unsaturated/α-hetero) is 1. The van der Waals surface area contributed by atoms with Crippen LogP contribution in [0.4, 0.5) is 0 Å². The highest BCUT2D eigenvalue weighted by Crippen LogP contribution is 2.33. The Morgan fingerprint density at radius 2 is 1.47 bits per heavy atom. The predicted molar refractivity (Wildman–Crippen MR) is 68.5 cm³/mol. The molecule has 0 unspecified atom stereocenters. The molecule has 19 heavy (non-hydrogen) atoms. The van der Waals surface area contributed by atoms with Crippen LogP contribution in [0.25, 0.3) is 0 Å². The van der Waals surface area contributed by atoms with Crippen LogP contribution in [-0.4, -0.2) is 41.0 Å². The number of ketones is 1. The van der Waals surface area contributed by atoms with Gasteiger partial charge in [0.15, 0.2) is 16.9 Å². The second-order valence-electron chi connectivity index (χ2n) is 4.53. The highest BCUT2D eigenvalue weighted by molar-refractivity contribution is 9.09. The molecule has 7 heteroatoms. The zero-order valence-electron chi connectivity index (χ0n) is 11.2. The van der Waals surface area contributed by atoms with E-state index in [1.165, 1.54) is 20.8 Å². The third-order valence-electron chi connectivity index (χ3n) is 2.86. The van der Waals surface area contributed by atoms with Crippen LogP contribution in [0.1, 0.15) is 27.7 Å². The van der Waals surface area contributed by atoms with Crippen LogP contribution < -0.4 is 0 Å². The second kappa shape index (κ2) is 6.47. The van der Waals surface area contributed by atoms with Gasteiger partial charge in [-0.3, -0.25) is 14.4 Å². The number of carbonyl (C=O) groups excluding carboxylic acids is 3. The van der Waals surface area contributed by atoms with E-state index in [0.717, 1.165) is 0 Å². The Kier molecular flexibility index (Phi) is 5.49. The van der Waals surface area contributed by atoms with Gasteiger partial charge in [0.05, 0.1) is 0 Å². The molecule has 5 atom stereocenters. The molecule has 1 saturated heterocycles. The first kappa shape index (κ1) is 16.1. The molecule has 0 amide bonds. The predicted octanol–water partition coefficient (Wildman–Crippen LogP) is 1.19. The minimum atomic E-state index is -0.785. The van der Waals surface area contributed by atoms with Gasteiger partial charge in [-0.1, -0.05) is 22.9 Å². The van der Waals surface area contributed by atoms with E-state index in [4.69, 9.17) is 14.2 Å². The summed E-state index contributed by atoms with van der Waals surface area (Å²) in [6.45, 7) is 5.64. The van der Waals surface area contributed by atoms with E-state index in [9.17, 15) is 14.4 Å². The van der Waals surface area contributed by atoms with Gasteiger partial charge in [-0.05, 0) is 6.92 Å². The van der Waals surface area contributed by atoms with Crippen LogP contribution in [0.2, 0.25) is 0 Å². The Morgan fingerprint density at radius 3 is 1.89 bits per heavy atom. The summed E-state index contributed by atoms with van der Waals surface area (Å²) in [6, 6.07) is 0. The third-order valence-corrected chi connectivity index (χ3v) is 3.60. The average molecular weight is 337 g/mol. The molecule has 0 aliphatic carbocycles. The highest BCUT2D eigenvalue weighted by Gasteiger charge is 2.48. The lowest BCUT2D eigenvalue weighted by Crippen LogP contribution is -2.56. The first-order valence-corrected chi connectivity index (χ1v) is 6.80. The molecule has 0 aromatic rings. The van der Waals surface area contributed by atoms with Crippen molar-refractivity contribution in [1.82, 2.24) is 0 Å². The average Bonchev–Trinajstić information content (AvgIpc) is 2.26. The third kappa shape index (κ3) is 4.01. The fraction of sp³-hybridized carbons (Fsp3) is 0.750. The van der Waals surface area contributed by atoms with Crippen LogP contribution in [0.5, 0.6) is 0 Å². The normalized spacial score (nSPS) is 34.5. The number of hydrogen-bond donors (Lipinski definition) is 0. The standard InChI is InChI=1S/C12H17BrO6/c1-5-9(6(2)14)19-12(13)11(18-8(4)16)10(5)17-7(3)15/h5,9-12H,1-4H3/t5-,9+,10+,11-,12+/m1/s1. The van der Waals surface area contributed by atoms with Gasteiger partial charge in [0, 0.05) is 19.8 Å². The molecule has 1 fully saturated rings. The lowest BCUT2D eigenvalue weighted by Gasteiger charge is -2.41. The van der Waals surface area contributed by atoms with E-state index >= 15 is 0 Å². The number of halogens is 1. The maximum Gasteiger partial charge on any atom is 0.303 e. The summed E-state index contributed by atoms with van der Waals surface area (Å²) >= 11 is 3.21. The fourth-order valence-corrected chi connectivity index (χ4v) is 2.75. The van der Waals surface area contributed by atoms with Crippen LogP contribution in [0.3, 0.4) is 0 Å². The van der Waals surface area contributed by atoms with Crippen molar-refractivity contribution in [3.63, 3.8) is 0 Å². The van der Waals surface area contributed by atoms with Gasteiger partial charge in [0.2, 0.25) is 0 Å². The van der Waals surface area contributed by atoms with Crippen LogP contribution in [0.15, 0.2) is 0 Å². The minimum Gasteiger partial charge on any atom is -0.458 e. The van der Waals surface area contributed by atoms with Gasteiger partial charge in [-0.2, -0.15) is 0 Å². The van der Waals surface area contributed by atoms with Gasteiger partial charge >= 0.3 is 11.9 Å². The molecule has 108 valence electrons. The van der Waals surface area contributed by atoms with E-state index in [-0.39, 0.29) is 5.78 Å². The Morgan fingerprint density at radius 1 is 1.00 bits per heavy atom. The van der Waals surface area contributed by atoms with E-state index in [0.29, 0.717) is 0 Å². The van der Waals surface area contributed by atoms with Crippen LogP contribution in [-0.2, 0) is 28.6 Å². The Labute approximate surface area is 119 Å². The molecule has 0 N–H and O–H groups in total. The summed E-state index contributed by atoms with van der Waals surface area (Å²) in [5.41, 5.74) is 0. The molecule has 0 spiro atoms. The van der Waals surface area contributed by atoms with Gasteiger partial charge in [-0.15, -0.1) is 0 Å². The number of alkyl halides is 1. The smallest absolute Gasteiger partial charge is 0.303 e. The molecule has 0 aromatic heterocycles. The summed E-state index contributed by atoms with van der Waals surface area (Å²) < 4.78 is 15.8. The molecule has 0 radical (unpaired) electrons. The number of carbonyl (C=O) groups is 3. The lowest BCUT2D eigenvalue weighted by atomic mass is 9.89. The van der Waals surface area contributed by atoms with Crippen molar-refractivity contribution in [3.8, 4) is 0 Å². The lowest BCUT2D eigenvalue weighted by molar-refractivity contribution is -0.205. The zero-order valence-corrected chi connectivity index (χ0v) is 12.8. The molecule has 1 rings (SSSR count). The van der Waals surface area contributed by atoms with Crippen LogP contribution in [0, 0.1) is 5.92 Å².